The lowest BCUT2D eigenvalue weighted by Gasteiger charge is -2.29. The van der Waals surface area contributed by atoms with Crippen LogP contribution in [0.2, 0.25) is 0 Å². The van der Waals surface area contributed by atoms with Crippen LogP contribution >= 0.6 is 33.9 Å². The molecular weight excluding hydrogens is 512 g/mol. The van der Waals surface area contributed by atoms with E-state index in [1.165, 1.54) is 21.7 Å². The topological polar surface area (TPSA) is 62.3 Å². The van der Waals surface area contributed by atoms with Crippen LogP contribution in [0.25, 0.3) is 10.2 Å². The van der Waals surface area contributed by atoms with Gasteiger partial charge in [-0.1, -0.05) is 11.3 Å². The van der Waals surface area contributed by atoms with E-state index < -0.39 is 15.8 Å². The average Bonchev–Trinajstić information content (AvgIpc) is 2.95. The second-order valence-corrected chi connectivity index (χ2v) is 10.9. The highest BCUT2D eigenvalue weighted by Gasteiger charge is 2.34. The number of sulfonamides is 1. The molecule has 1 N–H and O–H groups in total. The first-order valence-electron chi connectivity index (χ1n) is 8.76. The van der Waals surface area contributed by atoms with Gasteiger partial charge in [-0.2, -0.15) is 4.31 Å². The van der Waals surface area contributed by atoms with E-state index in [4.69, 9.17) is 0 Å². The summed E-state index contributed by atoms with van der Waals surface area (Å²) in [5.74, 6) is -0.440. The van der Waals surface area contributed by atoms with Gasteiger partial charge in [0.05, 0.1) is 5.69 Å². The first-order valence-corrected chi connectivity index (χ1v) is 12.1. The SMILES string of the molecule is CC(C)N(C(C)C)S(=O)(=O)c1c(Nc2ccc(I)cc2F)sc2ncccc12. The first kappa shape index (κ1) is 21.4. The predicted octanol–water partition coefficient (Wildman–Crippen LogP) is 5.59. The van der Waals surface area contributed by atoms with E-state index in [-0.39, 0.29) is 22.7 Å². The third-order valence-electron chi connectivity index (χ3n) is 4.15. The van der Waals surface area contributed by atoms with Crippen molar-refractivity contribution in [2.24, 2.45) is 0 Å². The highest BCUT2D eigenvalue weighted by atomic mass is 127. The summed E-state index contributed by atoms with van der Waals surface area (Å²) in [6.45, 7) is 7.37. The molecule has 9 heteroatoms. The summed E-state index contributed by atoms with van der Waals surface area (Å²) in [6, 6.07) is 7.77. The zero-order valence-electron chi connectivity index (χ0n) is 15.9. The van der Waals surface area contributed by atoms with Crippen molar-refractivity contribution in [1.82, 2.24) is 9.29 Å². The van der Waals surface area contributed by atoms with Crippen molar-refractivity contribution < 1.29 is 12.8 Å². The number of hydrogen-bond acceptors (Lipinski definition) is 5. The molecule has 0 unspecified atom stereocenters. The number of halogens is 2. The van der Waals surface area contributed by atoms with E-state index in [1.54, 1.807) is 30.5 Å². The standard InChI is InChI=1S/C19H21FIN3O2S2/c1-11(2)24(12(3)4)28(25,26)17-14-6-5-9-22-18(14)27-19(17)23-16-8-7-13(21)10-15(16)20/h5-12,23H,1-4H3. The fraction of sp³-hybridized carbons (Fsp3) is 0.316. The molecular formula is C19H21FIN3O2S2. The third kappa shape index (κ3) is 4.03. The number of benzene rings is 1. The summed E-state index contributed by atoms with van der Waals surface area (Å²) in [7, 11) is -3.84. The number of pyridine rings is 1. The molecule has 2 heterocycles. The van der Waals surface area contributed by atoms with Gasteiger partial charge in [-0.05, 0) is 80.6 Å². The van der Waals surface area contributed by atoms with Crippen LogP contribution in [-0.4, -0.2) is 29.8 Å². The Labute approximate surface area is 182 Å². The second kappa shape index (κ2) is 8.21. The van der Waals surface area contributed by atoms with Gasteiger partial charge in [0.2, 0.25) is 10.0 Å². The van der Waals surface area contributed by atoms with Crippen molar-refractivity contribution in [3.8, 4) is 0 Å². The van der Waals surface area contributed by atoms with E-state index >= 15 is 0 Å². The number of aromatic nitrogens is 1. The number of anilines is 2. The molecule has 0 saturated heterocycles. The van der Waals surface area contributed by atoms with E-state index in [9.17, 15) is 12.8 Å². The Kier molecular flexibility index (Phi) is 6.28. The number of thiophene rings is 1. The largest absolute Gasteiger partial charge is 0.344 e. The van der Waals surface area contributed by atoms with Crippen molar-refractivity contribution in [3.63, 3.8) is 0 Å². The Bertz CT molecular complexity index is 1110. The lowest BCUT2D eigenvalue weighted by atomic mass is 10.3. The maximum Gasteiger partial charge on any atom is 0.247 e. The molecule has 0 radical (unpaired) electrons. The molecule has 0 spiro atoms. The predicted molar refractivity (Wildman–Crippen MR) is 121 cm³/mol. The Morgan fingerprint density at radius 2 is 1.86 bits per heavy atom. The van der Waals surface area contributed by atoms with Crippen molar-refractivity contribution in [2.45, 2.75) is 44.7 Å². The Morgan fingerprint density at radius 3 is 2.46 bits per heavy atom. The molecule has 3 aromatic rings. The molecule has 0 aliphatic heterocycles. The van der Waals surface area contributed by atoms with Gasteiger partial charge in [0.25, 0.3) is 0 Å². The number of nitrogens with one attached hydrogen (secondary N) is 1. The molecule has 28 heavy (non-hydrogen) atoms. The molecule has 0 atom stereocenters. The van der Waals surface area contributed by atoms with Gasteiger partial charge in [0, 0.05) is 27.2 Å². The van der Waals surface area contributed by atoms with E-state index in [1.807, 2.05) is 50.3 Å². The molecule has 0 saturated carbocycles. The molecule has 0 aliphatic carbocycles. The highest BCUT2D eigenvalue weighted by Crippen LogP contribution is 2.42. The smallest absolute Gasteiger partial charge is 0.247 e. The lowest BCUT2D eigenvalue weighted by molar-refractivity contribution is 0.303. The van der Waals surface area contributed by atoms with Crippen LogP contribution in [0.3, 0.4) is 0 Å². The van der Waals surface area contributed by atoms with Crippen molar-refractivity contribution in [3.05, 3.63) is 45.9 Å². The van der Waals surface area contributed by atoms with E-state index in [0.29, 0.717) is 15.2 Å². The monoisotopic (exact) mass is 533 g/mol. The number of nitrogens with zero attached hydrogens (tertiary/aromatic N) is 2. The minimum Gasteiger partial charge on any atom is -0.344 e. The zero-order valence-corrected chi connectivity index (χ0v) is 19.7. The third-order valence-corrected chi connectivity index (χ3v) is 8.32. The van der Waals surface area contributed by atoms with Crippen molar-refractivity contribution >= 4 is 64.9 Å². The minimum absolute atomic E-state index is 0.140. The van der Waals surface area contributed by atoms with E-state index in [0.717, 1.165) is 3.57 Å². The fourth-order valence-corrected chi connectivity index (χ4v) is 7.18. The maximum absolute atomic E-state index is 14.4. The fourth-order valence-electron chi connectivity index (χ4n) is 3.22. The number of hydrogen-bond donors (Lipinski definition) is 1. The Hall–Kier alpha value is -1.30. The van der Waals surface area contributed by atoms with Crippen LogP contribution in [-0.2, 0) is 10.0 Å². The number of fused-ring (bicyclic) bond motifs is 1. The van der Waals surface area contributed by atoms with Gasteiger partial charge >= 0.3 is 0 Å². The molecule has 150 valence electrons. The van der Waals surface area contributed by atoms with Crippen LogP contribution in [0, 0.1) is 9.39 Å². The molecule has 3 rings (SSSR count). The number of rotatable bonds is 6. The Balaban J connectivity index is 2.22. The summed E-state index contributed by atoms with van der Waals surface area (Å²) in [5.41, 5.74) is 0.226. The van der Waals surface area contributed by atoms with Gasteiger partial charge in [-0.15, -0.1) is 0 Å². The van der Waals surface area contributed by atoms with Crippen LogP contribution in [0.4, 0.5) is 15.1 Å². The molecule has 5 nitrogen and oxygen atoms in total. The van der Waals surface area contributed by atoms with Crippen molar-refractivity contribution in [1.29, 1.82) is 0 Å². The molecule has 0 bridgehead atoms. The highest BCUT2D eigenvalue weighted by molar-refractivity contribution is 14.1. The second-order valence-electron chi connectivity index (χ2n) is 6.89. The van der Waals surface area contributed by atoms with Crippen molar-refractivity contribution in [2.75, 3.05) is 5.32 Å². The average molecular weight is 533 g/mol. The molecule has 0 fully saturated rings. The van der Waals surface area contributed by atoms with Crippen LogP contribution in [0.1, 0.15) is 27.7 Å². The molecule has 0 aliphatic rings. The Morgan fingerprint density at radius 1 is 1.18 bits per heavy atom. The minimum atomic E-state index is -3.84. The van der Waals surface area contributed by atoms with Crippen LogP contribution in [0.5, 0.6) is 0 Å². The van der Waals surface area contributed by atoms with Gasteiger partial charge in [-0.3, -0.25) is 0 Å². The first-order chi connectivity index (χ1) is 13.1. The summed E-state index contributed by atoms with van der Waals surface area (Å²) in [4.78, 5) is 5.03. The van der Waals surface area contributed by atoms with E-state index in [2.05, 4.69) is 10.3 Å². The van der Waals surface area contributed by atoms with Gasteiger partial charge < -0.3 is 5.32 Å². The summed E-state index contributed by atoms with van der Waals surface area (Å²) >= 11 is 3.23. The summed E-state index contributed by atoms with van der Waals surface area (Å²) in [5, 5.41) is 3.89. The van der Waals surface area contributed by atoms with Crippen LogP contribution < -0.4 is 5.32 Å². The summed E-state index contributed by atoms with van der Waals surface area (Å²) in [6.07, 6.45) is 1.62. The molecule has 0 amide bonds. The zero-order chi connectivity index (χ0) is 20.6. The maximum atomic E-state index is 14.4. The van der Waals surface area contributed by atoms with Gasteiger partial charge in [-0.25, -0.2) is 17.8 Å². The van der Waals surface area contributed by atoms with Gasteiger partial charge in [0.1, 0.15) is 20.5 Å². The normalized spacial score (nSPS) is 12.5. The molecule has 1 aromatic carbocycles. The lowest BCUT2D eigenvalue weighted by Crippen LogP contribution is -2.42. The quantitative estimate of drug-likeness (QED) is 0.420. The van der Waals surface area contributed by atoms with Gasteiger partial charge in [0.15, 0.2) is 0 Å². The van der Waals surface area contributed by atoms with Crippen LogP contribution in [0.15, 0.2) is 41.4 Å². The molecule has 2 aromatic heterocycles. The summed E-state index contributed by atoms with van der Waals surface area (Å²) < 4.78 is 43.8.